The van der Waals surface area contributed by atoms with Crippen molar-refractivity contribution in [2.45, 2.75) is 18.8 Å². The van der Waals surface area contributed by atoms with Crippen molar-refractivity contribution in [3.05, 3.63) is 229 Å². The van der Waals surface area contributed by atoms with Gasteiger partial charge in [0.2, 0.25) is 0 Å². The Morgan fingerprint density at radius 1 is 0.438 bits per heavy atom. The molecule has 12 rings (SSSR count). The van der Waals surface area contributed by atoms with Crippen LogP contribution >= 0.6 is 0 Å². The van der Waals surface area contributed by atoms with Gasteiger partial charge in [0.15, 0.2) is 0 Å². The molecule has 5 heterocycles. The lowest BCUT2D eigenvalue weighted by atomic mass is 9.90. The zero-order valence-corrected chi connectivity index (χ0v) is 35.5. The lowest BCUT2D eigenvalue weighted by Crippen LogP contribution is -2.59. The van der Waals surface area contributed by atoms with Gasteiger partial charge in [-0.3, -0.25) is 14.9 Å². The Balaban J connectivity index is 1.17. The monoisotopic (exact) mass is 825 g/mol. The molecule has 1 N–H and O–H groups in total. The number of aliphatic imine (C=N–C) groups is 1. The number of pyridine rings is 2. The van der Waals surface area contributed by atoms with E-state index in [-0.39, 0.29) is 6.17 Å². The van der Waals surface area contributed by atoms with Crippen LogP contribution in [-0.2, 0) is 5.66 Å². The predicted octanol–water partition coefficient (Wildman–Crippen LogP) is 12.9. The second-order valence-corrected chi connectivity index (χ2v) is 16.6. The molecule has 64 heavy (non-hydrogen) atoms. The summed E-state index contributed by atoms with van der Waals surface area (Å²) in [6, 6.07) is 70.9. The highest BCUT2D eigenvalue weighted by Crippen LogP contribution is 2.46. The molecule has 0 aliphatic carbocycles. The number of fused-ring (bicyclic) bond motifs is 6. The molecule has 11 aromatic rings. The summed E-state index contributed by atoms with van der Waals surface area (Å²) in [5, 5.41) is 8.94. The minimum absolute atomic E-state index is 0.364. The van der Waals surface area contributed by atoms with Gasteiger partial charge < -0.3 is 14.5 Å². The molecular weight excluding hydrogens is 783 g/mol. The Morgan fingerprint density at radius 3 is 1.39 bits per heavy atom. The smallest absolute Gasteiger partial charge is 0.134 e. The van der Waals surface area contributed by atoms with Crippen LogP contribution in [0.25, 0.3) is 77.5 Å². The van der Waals surface area contributed by atoms with E-state index in [0.29, 0.717) is 0 Å². The first-order valence-corrected chi connectivity index (χ1v) is 21.8. The number of benzene rings is 7. The van der Waals surface area contributed by atoms with Gasteiger partial charge in [-0.15, -0.1) is 0 Å². The Kier molecular flexibility index (Phi) is 8.84. The van der Waals surface area contributed by atoms with Crippen LogP contribution < -0.4 is 5.32 Å². The van der Waals surface area contributed by atoms with Crippen LogP contribution in [0.3, 0.4) is 0 Å². The molecule has 1 aliphatic heterocycles. The third-order valence-corrected chi connectivity index (χ3v) is 13.1. The van der Waals surface area contributed by atoms with Crippen LogP contribution in [0.1, 0.15) is 29.8 Å². The molecular formula is C57H43N7. The van der Waals surface area contributed by atoms with Crippen molar-refractivity contribution in [1.29, 1.82) is 0 Å². The highest BCUT2D eigenvalue weighted by atomic mass is 15.4. The third kappa shape index (κ3) is 5.82. The number of hydrogen-bond acceptors (Lipinski definition) is 5. The molecule has 7 heteroatoms. The lowest BCUT2D eigenvalue weighted by molar-refractivity contribution is 0.0604. The second kappa shape index (κ2) is 15.0. The highest BCUT2D eigenvalue weighted by molar-refractivity contribution is 6.13. The predicted molar refractivity (Wildman–Crippen MR) is 262 cm³/mol. The summed E-state index contributed by atoms with van der Waals surface area (Å²) < 4.78 is 4.85. The Bertz CT molecular complexity index is 3470. The van der Waals surface area contributed by atoms with E-state index in [9.17, 15) is 0 Å². The van der Waals surface area contributed by atoms with E-state index in [1.54, 1.807) is 0 Å². The maximum atomic E-state index is 5.74. The topological polar surface area (TPSA) is 63.3 Å². The fourth-order valence-corrected chi connectivity index (χ4v) is 10.1. The van der Waals surface area contributed by atoms with Crippen molar-refractivity contribution in [1.82, 2.24) is 29.3 Å². The number of hydrogen-bond donors (Lipinski definition) is 1. The molecule has 1 aliphatic rings. The van der Waals surface area contributed by atoms with E-state index in [1.807, 2.05) is 24.5 Å². The highest BCUT2D eigenvalue weighted by Gasteiger charge is 2.44. The van der Waals surface area contributed by atoms with Crippen LogP contribution in [0.4, 0.5) is 0 Å². The second-order valence-electron chi connectivity index (χ2n) is 16.6. The van der Waals surface area contributed by atoms with E-state index in [0.717, 1.165) is 78.5 Å². The summed E-state index contributed by atoms with van der Waals surface area (Å²) >= 11 is 0. The normalized spacial score (nSPS) is 16.7. The third-order valence-electron chi connectivity index (χ3n) is 13.1. The fraction of sp³-hybridized carbons (Fsp3) is 0.0702. The molecule has 0 fully saturated rings. The summed E-state index contributed by atoms with van der Waals surface area (Å²) in [6.45, 7) is 2.30. The largest absolute Gasteiger partial charge is 0.348 e. The Morgan fingerprint density at radius 2 is 0.875 bits per heavy atom. The van der Waals surface area contributed by atoms with Gasteiger partial charge in [-0.2, -0.15) is 0 Å². The number of nitrogens with one attached hydrogen (secondary N) is 1. The molecule has 0 amide bonds. The Labute approximate surface area is 371 Å². The summed E-state index contributed by atoms with van der Waals surface area (Å²) in [5.41, 5.74) is 12.7. The summed E-state index contributed by atoms with van der Waals surface area (Å²) in [4.78, 5) is 18.1. The van der Waals surface area contributed by atoms with Gasteiger partial charge in [-0.05, 0) is 74.1 Å². The van der Waals surface area contributed by atoms with Crippen molar-refractivity contribution < 1.29 is 0 Å². The van der Waals surface area contributed by atoms with Crippen molar-refractivity contribution in [3.8, 4) is 33.9 Å². The quantitative estimate of drug-likeness (QED) is 0.174. The van der Waals surface area contributed by atoms with Gasteiger partial charge in [0, 0.05) is 56.2 Å². The molecule has 0 radical (unpaired) electrons. The fourth-order valence-electron chi connectivity index (χ4n) is 10.1. The van der Waals surface area contributed by atoms with E-state index < -0.39 is 5.66 Å². The number of nitrogens with zero attached hydrogens (tertiary/aromatic N) is 6. The zero-order chi connectivity index (χ0) is 42.8. The van der Waals surface area contributed by atoms with E-state index in [4.69, 9.17) is 15.0 Å². The van der Waals surface area contributed by atoms with Crippen LogP contribution in [0, 0.1) is 0 Å². The average Bonchev–Trinajstić information content (AvgIpc) is 3.88. The molecule has 2 atom stereocenters. The zero-order valence-electron chi connectivity index (χ0n) is 35.5. The van der Waals surface area contributed by atoms with Crippen LogP contribution in [-0.4, -0.2) is 36.9 Å². The molecule has 2 unspecified atom stereocenters. The van der Waals surface area contributed by atoms with Crippen molar-refractivity contribution in [3.63, 3.8) is 0 Å². The van der Waals surface area contributed by atoms with Gasteiger partial charge in [-0.1, -0.05) is 146 Å². The number of para-hydroxylation sites is 6. The average molecular weight is 826 g/mol. The van der Waals surface area contributed by atoms with Gasteiger partial charge in [0.25, 0.3) is 0 Å². The number of amidine groups is 1. The summed E-state index contributed by atoms with van der Waals surface area (Å²) in [6.07, 6.45) is 3.39. The van der Waals surface area contributed by atoms with Crippen LogP contribution in [0.5, 0.6) is 0 Å². The van der Waals surface area contributed by atoms with E-state index in [1.165, 1.54) is 21.5 Å². The van der Waals surface area contributed by atoms with E-state index in [2.05, 4.69) is 221 Å². The van der Waals surface area contributed by atoms with Gasteiger partial charge in [0.1, 0.15) is 17.7 Å². The molecule has 4 aromatic heterocycles. The molecule has 7 nitrogen and oxygen atoms in total. The van der Waals surface area contributed by atoms with Crippen molar-refractivity contribution >= 4 is 49.4 Å². The Hall–Kier alpha value is -8.13. The van der Waals surface area contributed by atoms with Gasteiger partial charge >= 0.3 is 0 Å². The first kappa shape index (κ1) is 37.6. The van der Waals surface area contributed by atoms with Crippen LogP contribution in [0.2, 0.25) is 0 Å². The van der Waals surface area contributed by atoms with Gasteiger partial charge in [0.05, 0.1) is 44.8 Å². The van der Waals surface area contributed by atoms with Crippen molar-refractivity contribution in [2.75, 3.05) is 7.05 Å². The van der Waals surface area contributed by atoms with Crippen LogP contribution in [0.15, 0.2) is 218 Å². The molecule has 7 aromatic carbocycles. The molecule has 0 saturated heterocycles. The lowest BCUT2D eigenvalue weighted by Gasteiger charge is -2.48. The maximum Gasteiger partial charge on any atom is 0.134 e. The summed E-state index contributed by atoms with van der Waals surface area (Å²) in [7, 11) is 2.19. The van der Waals surface area contributed by atoms with Gasteiger partial charge in [-0.25, -0.2) is 4.99 Å². The first-order chi connectivity index (χ1) is 31.6. The number of aromatic nitrogens is 4. The first-order valence-electron chi connectivity index (χ1n) is 21.8. The standard InChI is InChI=1S/C57H43N7/c1-57(46-29-19-27-44(48-31-15-17-37-59-48)54(46)64-51-34-12-8-24-41(51)42-25-9-13-35-52(42)64)61-55(60-56(62(57)2)38-20-4-3-5-21-38)45-28-18-26-43(47-30-14-16-36-58-47)53(45)63-49-32-10-6-22-39(49)40-23-7-11-33-50(40)63/h3-37,56H,1-2H3,(H,60,61). The van der Waals surface area contributed by atoms with E-state index >= 15 is 0 Å². The SMILES string of the molecule is CN1C(c2ccccc2)N=C(c2cccc(-c3ccccn3)c2-n2c3ccccc3c3ccccc32)NC1(C)c1cccc(-c2ccccn2)c1-n1c2ccccc2c2ccccc21. The molecule has 0 spiro atoms. The molecule has 0 saturated carbocycles. The minimum Gasteiger partial charge on any atom is -0.348 e. The minimum atomic E-state index is -0.844. The number of rotatable bonds is 7. The summed E-state index contributed by atoms with van der Waals surface area (Å²) in [5.74, 6) is 0.778. The molecule has 0 bridgehead atoms. The van der Waals surface area contributed by atoms with Crippen molar-refractivity contribution in [2.24, 2.45) is 4.99 Å². The maximum absolute atomic E-state index is 5.74. The molecule has 306 valence electrons.